The highest BCUT2D eigenvalue weighted by molar-refractivity contribution is 7.26. The van der Waals surface area contributed by atoms with Gasteiger partial charge in [-0.3, -0.25) is 0 Å². The first-order valence-electron chi connectivity index (χ1n) is 19.8. The highest BCUT2D eigenvalue weighted by atomic mass is 32.1. The lowest BCUT2D eigenvalue weighted by molar-refractivity contribution is 1.07. The fourth-order valence-corrected chi connectivity index (χ4v) is 9.82. The molecule has 59 heavy (non-hydrogen) atoms. The number of para-hydroxylation sites is 1. The molecule has 5 heteroatoms. The van der Waals surface area contributed by atoms with Gasteiger partial charge in [0.1, 0.15) is 0 Å². The van der Waals surface area contributed by atoms with Gasteiger partial charge in [-0.1, -0.05) is 170 Å². The SMILES string of the molecule is c1ccc2cc(-c3nc(-c4ccc(-c5cc6ccccc6c6ccccc56)cc4)nc(-c4ccc(-c5nc6ccccc6c6sc7ccccc7c56)cc4)n3)ccc2c1. The van der Waals surface area contributed by atoms with Crippen molar-refractivity contribution < 1.29 is 0 Å². The predicted molar refractivity (Wildman–Crippen MR) is 248 cm³/mol. The molecule has 0 fully saturated rings. The van der Waals surface area contributed by atoms with Crippen molar-refractivity contribution in [2.24, 2.45) is 0 Å². The Morgan fingerprint density at radius 3 is 1.59 bits per heavy atom. The summed E-state index contributed by atoms with van der Waals surface area (Å²) in [6, 6.07) is 68.6. The second-order valence-electron chi connectivity index (χ2n) is 15.0. The molecule has 12 aromatic rings. The van der Waals surface area contributed by atoms with Gasteiger partial charge in [0.15, 0.2) is 17.5 Å². The Morgan fingerprint density at radius 2 is 0.847 bits per heavy atom. The first-order valence-corrected chi connectivity index (χ1v) is 20.6. The molecule has 0 saturated heterocycles. The molecule has 0 amide bonds. The quantitative estimate of drug-likeness (QED) is 0.164. The van der Waals surface area contributed by atoms with Gasteiger partial charge in [-0.25, -0.2) is 19.9 Å². The van der Waals surface area contributed by atoms with Crippen LogP contribution in [-0.4, -0.2) is 19.9 Å². The molecule has 0 aliphatic rings. The highest BCUT2D eigenvalue weighted by Gasteiger charge is 2.18. The van der Waals surface area contributed by atoms with Crippen LogP contribution in [0.25, 0.3) is 120 Å². The van der Waals surface area contributed by atoms with Crippen LogP contribution in [0.3, 0.4) is 0 Å². The number of hydrogen-bond donors (Lipinski definition) is 0. The van der Waals surface area contributed by atoms with Gasteiger partial charge in [-0.05, 0) is 67.7 Å². The minimum atomic E-state index is 0.618. The molecule has 3 heterocycles. The Labute approximate surface area is 343 Å². The number of fused-ring (bicyclic) bond motifs is 9. The van der Waals surface area contributed by atoms with Crippen LogP contribution in [-0.2, 0) is 0 Å². The fraction of sp³-hybridized carbons (Fsp3) is 0. The summed E-state index contributed by atoms with van der Waals surface area (Å²) in [6.45, 7) is 0. The normalized spacial score (nSPS) is 11.7. The molecule has 9 aromatic carbocycles. The number of rotatable bonds is 5. The van der Waals surface area contributed by atoms with Gasteiger partial charge < -0.3 is 0 Å². The van der Waals surface area contributed by atoms with Crippen molar-refractivity contribution in [2.75, 3.05) is 0 Å². The van der Waals surface area contributed by atoms with Crippen LogP contribution in [0.15, 0.2) is 194 Å². The molecule has 12 rings (SSSR count). The molecule has 0 atom stereocenters. The van der Waals surface area contributed by atoms with E-state index < -0.39 is 0 Å². The van der Waals surface area contributed by atoms with Crippen LogP contribution >= 0.6 is 11.3 Å². The van der Waals surface area contributed by atoms with Gasteiger partial charge in [0.25, 0.3) is 0 Å². The summed E-state index contributed by atoms with van der Waals surface area (Å²) >= 11 is 1.83. The van der Waals surface area contributed by atoms with Gasteiger partial charge >= 0.3 is 0 Å². The zero-order valence-electron chi connectivity index (χ0n) is 31.7. The van der Waals surface area contributed by atoms with E-state index in [0.717, 1.165) is 44.4 Å². The fourth-order valence-electron chi connectivity index (χ4n) is 8.58. The van der Waals surface area contributed by atoms with Crippen LogP contribution < -0.4 is 0 Å². The average Bonchev–Trinajstić information content (AvgIpc) is 3.71. The van der Waals surface area contributed by atoms with Crippen molar-refractivity contribution in [1.82, 2.24) is 19.9 Å². The Balaban J connectivity index is 0.984. The Hall–Kier alpha value is -7.60. The summed E-state index contributed by atoms with van der Waals surface area (Å²) in [5.74, 6) is 1.87. The molecule has 0 radical (unpaired) electrons. The number of benzene rings is 9. The molecule has 0 spiro atoms. The van der Waals surface area contributed by atoms with E-state index in [-0.39, 0.29) is 0 Å². The van der Waals surface area contributed by atoms with Crippen LogP contribution in [0.2, 0.25) is 0 Å². The summed E-state index contributed by atoms with van der Waals surface area (Å²) in [7, 11) is 0. The van der Waals surface area contributed by atoms with E-state index in [2.05, 4.69) is 194 Å². The third kappa shape index (κ3) is 5.66. The summed E-state index contributed by atoms with van der Waals surface area (Å²) < 4.78 is 2.52. The molecule has 4 nitrogen and oxygen atoms in total. The molecule has 3 aromatic heterocycles. The molecule has 274 valence electrons. The summed E-state index contributed by atoms with van der Waals surface area (Å²) in [4.78, 5) is 20.6. The van der Waals surface area contributed by atoms with Crippen LogP contribution in [0.1, 0.15) is 0 Å². The molecule has 0 bridgehead atoms. The van der Waals surface area contributed by atoms with Gasteiger partial charge in [-0.15, -0.1) is 11.3 Å². The lowest BCUT2D eigenvalue weighted by Crippen LogP contribution is -2.00. The molecular weight excluding hydrogens is 737 g/mol. The largest absolute Gasteiger partial charge is 0.247 e. The van der Waals surface area contributed by atoms with Crippen LogP contribution in [0.4, 0.5) is 0 Å². The Morgan fingerprint density at radius 1 is 0.322 bits per heavy atom. The summed E-state index contributed by atoms with van der Waals surface area (Å²) in [5.41, 5.74) is 8.14. The molecule has 0 N–H and O–H groups in total. The van der Waals surface area contributed by atoms with Crippen LogP contribution in [0, 0.1) is 0 Å². The lowest BCUT2D eigenvalue weighted by Gasteiger charge is -2.12. The predicted octanol–water partition coefficient (Wildman–Crippen LogP) is 14.6. The maximum atomic E-state index is 5.26. The molecule has 0 saturated carbocycles. The molecule has 0 aliphatic carbocycles. The lowest BCUT2D eigenvalue weighted by atomic mass is 9.93. The van der Waals surface area contributed by atoms with E-state index in [9.17, 15) is 0 Å². The number of pyridine rings is 1. The Kier molecular flexibility index (Phi) is 7.68. The summed E-state index contributed by atoms with van der Waals surface area (Å²) in [6.07, 6.45) is 0. The highest BCUT2D eigenvalue weighted by Crippen LogP contribution is 2.43. The zero-order chi connectivity index (χ0) is 38.9. The monoisotopic (exact) mass is 768 g/mol. The number of nitrogens with zero attached hydrogens (tertiary/aromatic N) is 4. The van der Waals surface area contributed by atoms with Crippen molar-refractivity contribution in [2.45, 2.75) is 0 Å². The maximum Gasteiger partial charge on any atom is 0.164 e. The van der Waals surface area contributed by atoms with Gasteiger partial charge in [0.05, 0.1) is 11.2 Å². The average molecular weight is 769 g/mol. The van der Waals surface area contributed by atoms with E-state index in [1.165, 1.54) is 58.1 Å². The molecular formula is C54H32N4S. The standard InChI is InChI=1S/C54H32N4S/c1-2-12-38-31-40(30-21-33(38)11-1)54-57-52(36-26-22-34(23-27-36)46-32-39-13-3-4-14-41(39)42-15-5-6-16-43(42)46)56-53(58-54)37-28-24-35(25-29-37)50-49-45-18-8-10-20-48(45)59-51(49)44-17-7-9-19-47(44)55-50/h1-32H. The van der Waals surface area contributed by atoms with Crippen LogP contribution in [0.5, 0.6) is 0 Å². The van der Waals surface area contributed by atoms with Crippen molar-refractivity contribution in [3.8, 4) is 56.5 Å². The van der Waals surface area contributed by atoms with E-state index >= 15 is 0 Å². The first-order chi connectivity index (χ1) is 29.2. The van der Waals surface area contributed by atoms with Crippen molar-refractivity contribution >= 4 is 74.7 Å². The van der Waals surface area contributed by atoms with E-state index in [0.29, 0.717) is 17.5 Å². The van der Waals surface area contributed by atoms with Gasteiger partial charge in [0.2, 0.25) is 0 Å². The smallest absolute Gasteiger partial charge is 0.164 e. The zero-order valence-corrected chi connectivity index (χ0v) is 32.5. The second kappa shape index (κ2) is 13.5. The minimum Gasteiger partial charge on any atom is -0.247 e. The topological polar surface area (TPSA) is 51.6 Å². The van der Waals surface area contributed by atoms with Gasteiger partial charge in [-0.2, -0.15) is 0 Å². The van der Waals surface area contributed by atoms with Crippen molar-refractivity contribution in [3.05, 3.63) is 194 Å². The second-order valence-corrected chi connectivity index (χ2v) is 16.0. The summed E-state index contributed by atoms with van der Waals surface area (Å²) in [5, 5.41) is 10.9. The van der Waals surface area contributed by atoms with Gasteiger partial charge in [0, 0.05) is 47.8 Å². The third-order valence-corrected chi connectivity index (χ3v) is 12.7. The number of aromatic nitrogens is 4. The van der Waals surface area contributed by atoms with Crippen molar-refractivity contribution in [3.63, 3.8) is 0 Å². The number of thiophene rings is 1. The molecule has 0 aliphatic heterocycles. The van der Waals surface area contributed by atoms with E-state index in [1.54, 1.807) is 0 Å². The first kappa shape index (κ1) is 33.5. The van der Waals surface area contributed by atoms with E-state index in [1.807, 2.05) is 11.3 Å². The Bertz CT molecular complexity index is 3610. The molecule has 0 unspecified atom stereocenters. The number of hydrogen-bond acceptors (Lipinski definition) is 5. The maximum absolute atomic E-state index is 5.26. The van der Waals surface area contributed by atoms with E-state index in [4.69, 9.17) is 19.9 Å². The minimum absolute atomic E-state index is 0.618. The van der Waals surface area contributed by atoms with Crippen molar-refractivity contribution in [1.29, 1.82) is 0 Å². The third-order valence-electron chi connectivity index (χ3n) is 11.5.